The molecule has 1 aliphatic rings. The number of nitrogens with one attached hydrogen (secondary N) is 1. The highest BCUT2D eigenvalue weighted by atomic mass is 16.5. The second kappa shape index (κ2) is 7.38. The van der Waals surface area contributed by atoms with Gasteiger partial charge in [0.15, 0.2) is 0 Å². The fourth-order valence-electron chi connectivity index (χ4n) is 3.09. The molecule has 2 nitrogen and oxygen atoms in total. The van der Waals surface area contributed by atoms with Crippen LogP contribution in [-0.2, 0) is 4.74 Å². The van der Waals surface area contributed by atoms with E-state index in [1.165, 1.54) is 45.1 Å². The number of ether oxygens (including phenoxy) is 1. The number of rotatable bonds is 7. The van der Waals surface area contributed by atoms with E-state index in [0.717, 1.165) is 18.6 Å². The SMILES string of the molecule is COCCCCCNC1CCC(C)(C)CC1C. The Morgan fingerprint density at radius 1 is 1.24 bits per heavy atom. The lowest BCUT2D eigenvalue weighted by molar-refractivity contribution is 0.148. The first kappa shape index (κ1) is 15.0. The Bertz CT molecular complexity index is 203. The summed E-state index contributed by atoms with van der Waals surface area (Å²) >= 11 is 0. The molecule has 0 saturated heterocycles. The molecule has 2 heteroatoms. The number of methoxy groups -OCH3 is 1. The zero-order valence-corrected chi connectivity index (χ0v) is 12.2. The lowest BCUT2D eigenvalue weighted by Gasteiger charge is -2.39. The maximum absolute atomic E-state index is 5.06. The van der Waals surface area contributed by atoms with Crippen LogP contribution in [0, 0.1) is 11.3 Å². The van der Waals surface area contributed by atoms with Crippen molar-refractivity contribution in [3.63, 3.8) is 0 Å². The standard InChI is InChI=1S/C15H31NO/c1-13-12-15(2,3)9-8-14(13)16-10-6-5-7-11-17-4/h13-14,16H,5-12H2,1-4H3. The molecule has 0 radical (unpaired) electrons. The largest absolute Gasteiger partial charge is 0.385 e. The number of hydrogen-bond donors (Lipinski definition) is 1. The van der Waals surface area contributed by atoms with Crippen LogP contribution in [0.1, 0.15) is 59.3 Å². The highest BCUT2D eigenvalue weighted by Gasteiger charge is 2.31. The van der Waals surface area contributed by atoms with Gasteiger partial charge in [0.1, 0.15) is 0 Å². The molecule has 0 amide bonds. The fourth-order valence-corrected chi connectivity index (χ4v) is 3.09. The third-order valence-electron chi connectivity index (χ3n) is 4.13. The van der Waals surface area contributed by atoms with Crippen LogP contribution in [-0.4, -0.2) is 26.3 Å². The van der Waals surface area contributed by atoms with E-state index >= 15 is 0 Å². The Labute approximate surface area is 108 Å². The Morgan fingerprint density at radius 3 is 2.65 bits per heavy atom. The quantitative estimate of drug-likeness (QED) is 0.688. The summed E-state index contributed by atoms with van der Waals surface area (Å²) in [5.74, 6) is 0.831. The topological polar surface area (TPSA) is 21.3 Å². The first-order valence-corrected chi connectivity index (χ1v) is 7.27. The number of unbranched alkanes of at least 4 members (excludes halogenated alkanes) is 2. The fraction of sp³-hybridized carbons (Fsp3) is 1.00. The average Bonchev–Trinajstić information content (AvgIpc) is 2.25. The van der Waals surface area contributed by atoms with Crippen LogP contribution in [0.25, 0.3) is 0 Å². The zero-order valence-electron chi connectivity index (χ0n) is 12.2. The molecule has 0 aromatic rings. The van der Waals surface area contributed by atoms with E-state index in [0.29, 0.717) is 5.41 Å². The molecule has 0 aliphatic heterocycles. The monoisotopic (exact) mass is 241 g/mol. The van der Waals surface area contributed by atoms with Gasteiger partial charge in [0.05, 0.1) is 0 Å². The molecule has 0 heterocycles. The summed E-state index contributed by atoms with van der Waals surface area (Å²) in [4.78, 5) is 0. The molecular formula is C15H31NO. The molecule has 0 aromatic heterocycles. The van der Waals surface area contributed by atoms with E-state index < -0.39 is 0 Å². The predicted octanol–water partition coefficient (Wildman–Crippen LogP) is 3.61. The van der Waals surface area contributed by atoms with Crippen molar-refractivity contribution in [3.05, 3.63) is 0 Å². The zero-order chi connectivity index (χ0) is 12.7. The van der Waals surface area contributed by atoms with Crippen LogP contribution >= 0.6 is 0 Å². The second-order valence-electron chi connectivity index (χ2n) is 6.50. The van der Waals surface area contributed by atoms with E-state index in [4.69, 9.17) is 4.74 Å². The molecule has 1 saturated carbocycles. The normalized spacial score (nSPS) is 28.2. The Kier molecular flexibility index (Phi) is 6.50. The molecular weight excluding hydrogens is 210 g/mol. The van der Waals surface area contributed by atoms with Gasteiger partial charge in [-0.1, -0.05) is 20.8 Å². The van der Waals surface area contributed by atoms with Crippen LogP contribution in [0.3, 0.4) is 0 Å². The van der Waals surface area contributed by atoms with Crippen molar-refractivity contribution in [2.45, 2.75) is 65.3 Å². The lowest BCUT2D eigenvalue weighted by Crippen LogP contribution is -2.42. The van der Waals surface area contributed by atoms with Gasteiger partial charge >= 0.3 is 0 Å². The summed E-state index contributed by atoms with van der Waals surface area (Å²) in [6, 6.07) is 0.755. The van der Waals surface area contributed by atoms with Gasteiger partial charge in [0.2, 0.25) is 0 Å². The first-order chi connectivity index (χ1) is 8.05. The van der Waals surface area contributed by atoms with Gasteiger partial charge in [-0.3, -0.25) is 0 Å². The van der Waals surface area contributed by atoms with Crippen LogP contribution in [0.5, 0.6) is 0 Å². The van der Waals surface area contributed by atoms with Gasteiger partial charge in [-0.05, 0) is 56.4 Å². The minimum atomic E-state index is 0.566. The molecule has 1 N–H and O–H groups in total. The summed E-state index contributed by atoms with van der Waals surface area (Å²) in [6.45, 7) is 9.31. The molecule has 0 spiro atoms. The Morgan fingerprint density at radius 2 is 2.00 bits per heavy atom. The maximum atomic E-state index is 5.06. The van der Waals surface area contributed by atoms with Crippen molar-refractivity contribution in [3.8, 4) is 0 Å². The van der Waals surface area contributed by atoms with E-state index in [2.05, 4.69) is 26.1 Å². The Balaban J connectivity index is 2.08. The van der Waals surface area contributed by atoms with Crippen molar-refractivity contribution in [2.24, 2.45) is 11.3 Å². The van der Waals surface area contributed by atoms with Gasteiger partial charge in [-0.15, -0.1) is 0 Å². The maximum Gasteiger partial charge on any atom is 0.0462 e. The minimum absolute atomic E-state index is 0.566. The molecule has 0 aromatic carbocycles. The first-order valence-electron chi connectivity index (χ1n) is 7.27. The smallest absolute Gasteiger partial charge is 0.0462 e. The van der Waals surface area contributed by atoms with Crippen molar-refractivity contribution in [1.82, 2.24) is 5.32 Å². The summed E-state index contributed by atoms with van der Waals surface area (Å²) in [7, 11) is 1.78. The van der Waals surface area contributed by atoms with Crippen molar-refractivity contribution < 1.29 is 4.74 Å². The molecule has 17 heavy (non-hydrogen) atoms. The van der Waals surface area contributed by atoms with Crippen molar-refractivity contribution >= 4 is 0 Å². The van der Waals surface area contributed by atoms with Crippen LogP contribution in [0.4, 0.5) is 0 Å². The minimum Gasteiger partial charge on any atom is -0.385 e. The summed E-state index contributed by atoms with van der Waals surface area (Å²) < 4.78 is 5.06. The van der Waals surface area contributed by atoms with Crippen LogP contribution < -0.4 is 5.32 Å². The van der Waals surface area contributed by atoms with Gasteiger partial charge in [0, 0.05) is 19.8 Å². The molecule has 1 aliphatic carbocycles. The average molecular weight is 241 g/mol. The van der Waals surface area contributed by atoms with Gasteiger partial charge in [-0.25, -0.2) is 0 Å². The van der Waals surface area contributed by atoms with Crippen molar-refractivity contribution in [1.29, 1.82) is 0 Å². The molecule has 2 unspecified atom stereocenters. The van der Waals surface area contributed by atoms with Gasteiger partial charge < -0.3 is 10.1 Å². The third-order valence-corrected chi connectivity index (χ3v) is 4.13. The third kappa shape index (κ3) is 5.87. The summed E-state index contributed by atoms with van der Waals surface area (Å²) in [5, 5.41) is 3.75. The second-order valence-corrected chi connectivity index (χ2v) is 6.50. The van der Waals surface area contributed by atoms with Crippen molar-refractivity contribution in [2.75, 3.05) is 20.3 Å². The highest BCUT2D eigenvalue weighted by Crippen LogP contribution is 2.38. The van der Waals surface area contributed by atoms with E-state index in [-0.39, 0.29) is 0 Å². The Hall–Kier alpha value is -0.0800. The number of hydrogen-bond acceptors (Lipinski definition) is 2. The van der Waals surface area contributed by atoms with Crippen LogP contribution in [0.2, 0.25) is 0 Å². The summed E-state index contributed by atoms with van der Waals surface area (Å²) in [5.41, 5.74) is 0.566. The molecule has 1 rings (SSSR count). The lowest BCUT2D eigenvalue weighted by atomic mass is 9.70. The van der Waals surface area contributed by atoms with E-state index in [9.17, 15) is 0 Å². The molecule has 0 bridgehead atoms. The molecule has 1 fully saturated rings. The summed E-state index contributed by atoms with van der Waals surface area (Å²) in [6.07, 6.45) is 7.87. The van der Waals surface area contributed by atoms with E-state index in [1.54, 1.807) is 7.11 Å². The van der Waals surface area contributed by atoms with E-state index in [1.807, 2.05) is 0 Å². The van der Waals surface area contributed by atoms with Gasteiger partial charge in [-0.2, -0.15) is 0 Å². The molecule has 2 atom stereocenters. The predicted molar refractivity (Wildman–Crippen MR) is 74.3 cm³/mol. The molecule has 102 valence electrons. The highest BCUT2D eigenvalue weighted by molar-refractivity contribution is 4.86. The van der Waals surface area contributed by atoms with Gasteiger partial charge in [0.25, 0.3) is 0 Å². The van der Waals surface area contributed by atoms with Crippen LogP contribution in [0.15, 0.2) is 0 Å².